The summed E-state index contributed by atoms with van der Waals surface area (Å²) in [5.74, 6) is 1.27. The van der Waals surface area contributed by atoms with Crippen LogP contribution in [0.25, 0.3) is 21.9 Å². The number of ether oxygens (including phenoxy) is 2. The van der Waals surface area contributed by atoms with Crippen molar-refractivity contribution < 1.29 is 23.9 Å². The van der Waals surface area contributed by atoms with Gasteiger partial charge in [0.05, 0.1) is 18.9 Å². The Labute approximate surface area is 203 Å². The first-order chi connectivity index (χ1) is 16.6. The van der Waals surface area contributed by atoms with Gasteiger partial charge in [-0.3, -0.25) is 10.0 Å². The highest BCUT2D eigenvalue weighted by atomic mass is 16.5. The van der Waals surface area contributed by atoms with Gasteiger partial charge in [-0.2, -0.15) is 0 Å². The maximum Gasteiger partial charge on any atom is 0.243 e. The van der Waals surface area contributed by atoms with Crippen molar-refractivity contribution in [2.75, 3.05) is 12.4 Å². The Bertz CT molecular complexity index is 1360. The molecule has 0 saturated carbocycles. The van der Waals surface area contributed by atoms with Crippen LogP contribution in [-0.2, 0) is 4.79 Å². The van der Waals surface area contributed by atoms with E-state index in [1.165, 1.54) is 6.33 Å². The van der Waals surface area contributed by atoms with Crippen LogP contribution >= 0.6 is 0 Å². The van der Waals surface area contributed by atoms with E-state index < -0.39 is 16.9 Å². The Morgan fingerprint density at radius 2 is 1.89 bits per heavy atom. The van der Waals surface area contributed by atoms with Crippen molar-refractivity contribution in [2.24, 2.45) is 5.41 Å². The van der Waals surface area contributed by atoms with Gasteiger partial charge in [0, 0.05) is 28.9 Å². The number of rotatable bonds is 9. The van der Waals surface area contributed by atoms with Gasteiger partial charge in [-0.1, -0.05) is 13.8 Å². The number of fused-ring (bicyclic) bond motifs is 2. The van der Waals surface area contributed by atoms with E-state index in [0.29, 0.717) is 29.3 Å². The number of carbonyl (C=O) groups is 1. The molecule has 0 atom stereocenters. The number of amides is 1. The average molecular weight is 479 g/mol. The third kappa shape index (κ3) is 5.63. The second kappa shape index (κ2) is 9.42. The first-order valence-corrected chi connectivity index (χ1v) is 11.3. The number of hydroxylamine groups is 1. The number of methoxy groups -OCH3 is 1. The van der Waals surface area contributed by atoms with E-state index in [0.717, 1.165) is 22.0 Å². The molecule has 0 spiro atoms. The lowest BCUT2D eigenvalue weighted by Gasteiger charge is -2.35. The van der Waals surface area contributed by atoms with Crippen LogP contribution in [0.1, 0.15) is 40.5 Å². The summed E-state index contributed by atoms with van der Waals surface area (Å²) in [5.41, 5.74) is 3.02. The van der Waals surface area contributed by atoms with Gasteiger partial charge in [-0.25, -0.2) is 15.4 Å². The van der Waals surface area contributed by atoms with Crippen LogP contribution in [0.4, 0.5) is 11.5 Å². The van der Waals surface area contributed by atoms with E-state index in [1.54, 1.807) is 18.9 Å². The fourth-order valence-corrected chi connectivity index (χ4v) is 4.61. The molecule has 0 radical (unpaired) electrons. The van der Waals surface area contributed by atoms with Crippen molar-refractivity contribution in [1.29, 1.82) is 0 Å². The predicted octanol–water partition coefficient (Wildman–Crippen LogP) is 5.60. The third-order valence-electron chi connectivity index (χ3n) is 5.69. The topological polar surface area (TPSA) is 119 Å². The van der Waals surface area contributed by atoms with Crippen molar-refractivity contribution >= 4 is 39.3 Å². The highest BCUT2D eigenvalue weighted by Crippen LogP contribution is 2.40. The van der Waals surface area contributed by atoms with Crippen molar-refractivity contribution in [1.82, 2.24) is 15.4 Å². The molecule has 4 rings (SSSR count). The van der Waals surface area contributed by atoms with E-state index in [9.17, 15) is 4.79 Å². The Balaban J connectivity index is 1.65. The van der Waals surface area contributed by atoms with Gasteiger partial charge in [0.2, 0.25) is 5.91 Å². The molecule has 0 aliphatic rings. The first kappa shape index (κ1) is 24.3. The van der Waals surface area contributed by atoms with Gasteiger partial charge < -0.3 is 19.2 Å². The van der Waals surface area contributed by atoms with Crippen molar-refractivity contribution in [3.05, 3.63) is 49.0 Å². The molecule has 0 aliphatic heterocycles. The quantitative estimate of drug-likeness (QED) is 0.210. The number of hydrogen-bond donors (Lipinski definition) is 3. The minimum Gasteiger partial charge on any atom is -0.493 e. The van der Waals surface area contributed by atoms with Gasteiger partial charge in [-0.05, 0) is 56.0 Å². The van der Waals surface area contributed by atoms with E-state index in [1.807, 2.05) is 64.1 Å². The van der Waals surface area contributed by atoms with Gasteiger partial charge in [-0.15, -0.1) is 0 Å². The molecule has 0 saturated heterocycles. The van der Waals surface area contributed by atoms with Gasteiger partial charge in [0.15, 0.2) is 11.5 Å². The molecule has 0 unspecified atom stereocenters. The van der Waals surface area contributed by atoms with Gasteiger partial charge in [0.1, 0.15) is 23.3 Å². The molecule has 3 N–H and O–H groups in total. The molecular weight excluding hydrogens is 448 g/mol. The van der Waals surface area contributed by atoms with Gasteiger partial charge in [0.25, 0.3) is 0 Å². The highest BCUT2D eigenvalue weighted by Gasteiger charge is 2.33. The number of aromatic nitrogens is 2. The summed E-state index contributed by atoms with van der Waals surface area (Å²) in [7, 11) is 1.58. The minimum absolute atomic E-state index is 0.161. The van der Waals surface area contributed by atoms with E-state index in [-0.39, 0.29) is 6.42 Å². The highest BCUT2D eigenvalue weighted by molar-refractivity contribution is 5.94. The Hall–Kier alpha value is -3.85. The maximum atomic E-state index is 11.7. The van der Waals surface area contributed by atoms with E-state index >= 15 is 0 Å². The van der Waals surface area contributed by atoms with Crippen LogP contribution in [0, 0.1) is 5.41 Å². The Kier molecular flexibility index (Phi) is 6.53. The van der Waals surface area contributed by atoms with Gasteiger partial charge >= 0.3 is 0 Å². The molecule has 35 heavy (non-hydrogen) atoms. The summed E-state index contributed by atoms with van der Waals surface area (Å²) in [5, 5.41) is 14.0. The molecule has 1 amide bonds. The molecule has 0 bridgehead atoms. The lowest BCUT2D eigenvalue weighted by molar-refractivity contribution is -0.131. The second-order valence-corrected chi connectivity index (χ2v) is 9.96. The molecule has 2 aromatic heterocycles. The number of furan rings is 1. The smallest absolute Gasteiger partial charge is 0.243 e. The lowest BCUT2D eigenvalue weighted by atomic mass is 9.79. The fraction of sp³-hybridized carbons (Fsp3) is 0.346. The molecular formula is C26H30N4O5. The lowest BCUT2D eigenvalue weighted by Crippen LogP contribution is -2.37. The molecule has 184 valence electrons. The number of anilines is 2. The summed E-state index contributed by atoms with van der Waals surface area (Å²) in [6.07, 6.45) is 3.87. The van der Waals surface area contributed by atoms with Crippen LogP contribution in [0.5, 0.6) is 11.5 Å². The van der Waals surface area contributed by atoms with Crippen molar-refractivity contribution in [3.63, 3.8) is 0 Å². The molecule has 2 aromatic carbocycles. The van der Waals surface area contributed by atoms with Crippen LogP contribution in [-0.4, -0.2) is 33.8 Å². The SMILES string of the molecule is COc1cc2ncnc(Nc3ccc4occc4c3)c2cc1OC(C)(C)CC(C)(C)CC(=O)NO. The zero-order chi connectivity index (χ0) is 25.2. The fourth-order valence-electron chi connectivity index (χ4n) is 4.61. The zero-order valence-electron chi connectivity index (χ0n) is 20.5. The molecule has 2 heterocycles. The summed E-state index contributed by atoms with van der Waals surface area (Å²) in [4.78, 5) is 20.6. The number of benzene rings is 2. The largest absolute Gasteiger partial charge is 0.493 e. The summed E-state index contributed by atoms with van der Waals surface area (Å²) in [6.45, 7) is 7.82. The molecule has 4 aromatic rings. The third-order valence-corrected chi connectivity index (χ3v) is 5.69. The predicted molar refractivity (Wildman–Crippen MR) is 133 cm³/mol. The van der Waals surface area contributed by atoms with E-state index in [4.69, 9.17) is 19.1 Å². The van der Waals surface area contributed by atoms with Crippen LogP contribution in [0.15, 0.2) is 53.4 Å². The normalized spacial score (nSPS) is 12.1. The second-order valence-electron chi connectivity index (χ2n) is 9.96. The number of carbonyl (C=O) groups excluding carboxylic acids is 1. The van der Waals surface area contributed by atoms with E-state index in [2.05, 4.69) is 15.3 Å². The molecule has 9 heteroatoms. The Morgan fingerprint density at radius 1 is 1.09 bits per heavy atom. The summed E-state index contributed by atoms with van der Waals surface area (Å²) >= 11 is 0. The molecule has 9 nitrogen and oxygen atoms in total. The number of nitrogens with zero attached hydrogens (tertiary/aromatic N) is 2. The summed E-state index contributed by atoms with van der Waals surface area (Å²) < 4.78 is 17.4. The Morgan fingerprint density at radius 3 is 2.63 bits per heavy atom. The molecule has 0 fully saturated rings. The number of hydrogen-bond acceptors (Lipinski definition) is 8. The van der Waals surface area contributed by atoms with Crippen LogP contribution in [0.2, 0.25) is 0 Å². The number of nitrogens with one attached hydrogen (secondary N) is 2. The van der Waals surface area contributed by atoms with Crippen molar-refractivity contribution in [2.45, 2.75) is 46.1 Å². The van der Waals surface area contributed by atoms with Crippen molar-refractivity contribution in [3.8, 4) is 11.5 Å². The average Bonchev–Trinajstić information content (AvgIpc) is 3.25. The monoisotopic (exact) mass is 478 g/mol. The van der Waals surface area contributed by atoms with Crippen LogP contribution < -0.4 is 20.3 Å². The standard InChI is InChI=1S/C26H30N4O5/c1-25(2,13-23(31)30-32)14-26(3,4)35-22-11-18-19(12-21(22)33-5)27-15-28-24(18)29-17-6-7-20-16(10-17)8-9-34-20/h6-12,15,32H,13-14H2,1-5H3,(H,30,31)(H,27,28,29). The zero-order valence-corrected chi connectivity index (χ0v) is 20.5. The molecule has 0 aliphatic carbocycles. The first-order valence-electron chi connectivity index (χ1n) is 11.3. The minimum atomic E-state index is -0.643. The van der Waals surface area contributed by atoms with Crippen LogP contribution in [0.3, 0.4) is 0 Å². The summed E-state index contributed by atoms with van der Waals surface area (Å²) in [6, 6.07) is 11.4. The maximum absolute atomic E-state index is 11.7.